The summed E-state index contributed by atoms with van der Waals surface area (Å²) < 4.78 is 18.7. The van der Waals surface area contributed by atoms with Crippen molar-refractivity contribution in [3.05, 3.63) is 12.1 Å². The second-order valence-electron chi connectivity index (χ2n) is 4.47. The van der Waals surface area contributed by atoms with Crippen molar-refractivity contribution in [3.8, 4) is 5.88 Å². The standard InChI is InChI=1S/C11H15FN4O/c1-17-11-9(12)10(13-7-14-11)16-5-8(6-16)15-3-2-4-15/h7-8H,2-6H2,1H3. The van der Waals surface area contributed by atoms with Crippen molar-refractivity contribution >= 4 is 5.82 Å². The summed E-state index contributed by atoms with van der Waals surface area (Å²) in [5.74, 6) is -0.0897. The molecule has 6 heteroatoms. The number of hydrogen-bond acceptors (Lipinski definition) is 5. The molecule has 5 nitrogen and oxygen atoms in total. The summed E-state index contributed by atoms with van der Waals surface area (Å²) in [6.07, 6.45) is 2.63. The maximum absolute atomic E-state index is 13.9. The second-order valence-corrected chi connectivity index (χ2v) is 4.47. The van der Waals surface area contributed by atoms with Crippen molar-refractivity contribution in [2.75, 3.05) is 38.2 Å². The zero-order chi connectivity index (χ0) is 11.8. The monoisotopic (exact) mass is 238 g/mol. The van der Waals surface area contributed by atoms with Crippen LogP contribution in [-0.4, -0.2) is 54.2 Å². The Labute approximate surface area is 99.2 Å². The van der Waals surface area contributed by atoms with Crippen LogP contribution in [0.5, 0.6) is 5.88 Å². The molecule has 0 aromatic carbocycles. The normalized spacial score (nSPS) is 20.9. The Morgan fingerprint density at radius 2 is 2.12 bits per heavy atom. The summed E-state index contributed by atoms with van der Waals surface area (Å²) in [6, 6.07) is 0.559. The van der Waals surface area contributed by atoms with Gasteiger partial charge in [-0.05, 0) is 19.5 Å². The predicted molar refractivity (Wildman–Crippen MR) is 60.7 cm³/mol. The van der Waals surface area contributed by atoms with E-state index in [0.29, 0.717) is 11.9 Å². The van der Waals surface area contributed by atoms with Crippen LogP contribution < -0.4 is 9.64 Å². The van der Waals surface area contributed by atoms with Gasteiger partial charge in [-0.2, -0.15) is 9.37 Å². The number of aromatic nitrogens is 2. The van der Waals surface area contributed by atoms with E-state index >= 15 is 0 Å². The molecule has 92 valence electrons. The number of ether oxygens (including phenoxy) is 1. The zero-order valence-corrected chi connectivity index (χ0v) is 9.77. The lowest BCUT2D eigenvalue weighted by molar-refractivity contribution is 0.0969. The van der Waals surface area contributed by atoms with Crippen molar-refractivity contribution < 1.29 is 9.13 Å². The van der Waals surface area contributed by atoms with E-state index < -0.39 is 5.82 Å². The van der Waals surface area contributed by atoms with Gasteiger partial charge in [0.15, 0.2) is 5.82 Å². The molecular formula is C11H15FN4O. The molecule has 0 unspecified atom stereocenters. The molecule has 0 N–H and O–H groups in total. The van der Waals surface area contributed by atoms with Crippen molar-refractivity contribution in [1.82, 2.24) is 14.9 Å². The SMILES string of the molecule is COc1ncnc(N2CC(N3CCC3)C2)c1F. The fourth-order valence-corrected chi connectivity index (χ4v) is 2.27. The first-order valence-electron chi connectivity index (χ1n) is 5.83. The lowest BCUT2D eigenvalue weighted by atomic mass is 10.0. The minimum atomic E-state index is -0.461. The van der Waals surface area contributed by atoms with Gasteiger partial charge in [0.25, 0.3) is 5.88 Å². The van der Waals surface area contributed by atoms with Gasteiger partial charge in [-0.15, -0.1) is 0 Å². The molecule has 0 bridgehead atoms. The van der Waals surface area contributed by atoms with Crippen LogP contribution in [0.25, 0.3) is 0 Å². The molecule has 0 spiro atoms. The molecule has 2 fully saturated rings. The number of likely N-dealkylation sites (tertiary alicyclic amines) is 1. The average Bonchev–Trinajstić information content (AvgIpc) is 2.21. The highest BCUT2D eigenvalue weighted by Crippen LogP contribution is 2.29. The Hall–Kier alpha value is -1.43. The Kier molecular flexibility index (Phi) is 2.58. The summed E-state index contributed by atoms with van der Waals surface area (Å²) in [7, 11) is 1.41. The van der Waals surface area contributed by atoms with Gasteiger partial charge in [0.2, 0.25) is 5.82 Å². The largest absolute Gasteiger partial charge is 0.479 e. The van der Waals surface area contributed by atoms with Crippen LogP contribution in [0.1, 0.15) is 6.42 Å². The highest BCUT2D eigenvalue weighted by Gasteiger charge is 2.36. The number of rotatable bonds is 3. The van der Waals surface area contributed by atoms with Crippen LogP contribution in [0.2, 0.25) is 0 Å². The Balaban J connectivity index is 1.69. The summed E-state index contributed by atoms with van der Waals surface area (Å²) in [4.78, 5) is 12.1. The predicted octanol–water partition coefficient (Wildman–Crippen LogP) is 0.519. The number of hydrogen-bond donors (Lipinski definition) is 0. The molecule has 1 aromatic rings. The fourth-order valence-electron chi connectivity index (χ4n) is 2.27. The van der Waals surface area contributed by atoms with Crippen molar-refractivity contribution in [2.45, 2.75) is 12.5 Å². The van der Waals surface area contributed by atoms with Crippen molar-refractivity contribution in [2.24, 2.45) is 0 Å². The van der Waals surface area contributed by atoms with Crippen LogP contribution in [0, 0.1) is 5.82 Å². The Bertz CT molecular complexity index is 418. The van der Waals surface area contributed by atoms with Crippen LogP contribution in [-0.2, 0) is 0 Å². The van der Waals surface area contributed by atoms with E-state index in [1.54, 1.807) is 0 Å². The smallest absolute Gasteiger partial charge is 0.255 e. The lowest BCUT2D eigenvalue weighted by Crippen LogP contribution is -2.63. The van der Waals surface area contributed by atoms with E-state index in [-0.39, 0.29) is 5.88 Å². The van der Waals surface area contributed by atoms with Gasteiger partial charge >= 0.3 is 0 Å². The first-order valence-corrected chi connectivity index (χ1v) is 5.83. The molecular weight excluding hydrogens is 223 g/mol. The van der Waals surface area contributed by atoms with Gasteiger partial charge in [0.1, 0.15) is 6.33 Å². The highest BCUT2D eigenvalue weighted by atomic mass is 19.1. The summed E-state index contributed by atoms with van der Waals surface area (Å²) >= 11 is 0. The van der Waals surface area contributed by atoms with Gasteiger partial charge in [-0.25, -0.2) is 4.98 Å². The summed E-state index contributed by atoms with van der Waals surface area (Å²) in [6.45, 7) is 4.04. The third-order valence-electron chi connectivity index (χ3n) is 3.50. The van der Waals surface area contributed by atoms with Crippen molar-refractivity contribution in [1.29, 1.82) is 0 Å². The van der Waals surface area contributed by atoms with Crippen LogP contribution in [0.4, 0.5) is 10.2 Å². The average molecular weight is 238 g/mol. The molecule has 3 rings (SSSR count). The maximum Gasteiger partial charge on any atom is 0.255 e. The summed E-state index contributed by atoms with van der Waals surface area (Å²) in [5.41, 5.74) is 0. The zero-order valence-electron chi connectivity index (χ0n) is 9.77. The van der Waals surface area contributed by atoms with Gasteiger partial charge in [0.05, 0.1) is 7.11 Å². The lowest BCUT2D eigenvalue weighted by Gasteiger charge is -2.49. The van der Waals surface area contributed by atoms with Crippen LogP contribution >= 0.6 is 0 Å². The minimum absolute atomic E-state index is 0.0161. The van der Waals surface area contributed by atoms with E-state index in [0.717, 1.165) is 13.1 Å². The molecule has 0 amide bonds. The second kappa shape index (κ2) is 4.10. The van der Waals surface area contributed by atoms with Crippen molar-refractivity contribution in [3.63, 3.8) is 0 Å². The first kappa shape index (κ1) is 10.7. The third kappa shape index (κ3) is 1.72. The fraction of sp³-hybridized carbons (Fsp3) is 0.636. The third-order valence-corrected chi connectivity index (χ3v) is 3.50. The maximum atomic E-state index is 13.9. The van der Waals surface area contributed by atoms with Gasteiger partial charge in [0, 0.05) is 19.1 Å². The molecule has 0 atom stereocenters. The Morgan fingerprint density at radius 3 is 2.71 bits per heavy atom. The van der Waals surface area contributed by atoms with E-state index in [4.69, 9.17) is 4.74 Å². The Morgan fingerprint density at radius 1 is 1.35 bits per heavy atom. The molecule has 3 heterocycles. The molecule has 2 aliphatic rings. The van der Waals surface area contributed by atoms with Gasteiger partial charge in [-0.1, -0.05) is 0 Å². The van der Waals surface area contributed by atoms with Gasteiger partial charge in [-0.3, -0.25) is 4.90 Å². The number of nitrogens with zero attached hydrogens (tertiary/aromatic N) is 4. The molecule has 0 aliphatic carbocycles. The number of methoxy groups -OCH3 is 1. The first-order chi connectivity index (χ1) is 8.29. The highest BCUT2D eigenvalue weighted by molar-refractivity contribution is 5.46. The van der Waals surface area contributed by atoms with E-state index in [9.17, 15) is 4.39 Å². The minimum Gasteiger partial charge on any atom is -0.479 e. The van der Waals surface area contributed by atoms with Crippen LogP contribution in [0.3, 0.4) is 0 Å². The summed E-state index contributed by atoms with van der Waals surface area (Å²) in [5, 5.41) is 0. The van der Waals surface area contributed by atoms with E-state index in [2.05, 4.69) is 14.9 Å². The van der Waals surface area contributed by atoms with Crippen LogP contribution in [0.15, 0.2) is 6.33 Å². The molecule has 2 aliphatic heterocycles. The molecule has 1 aromatic heterocycles. The topological polar surface area (TPSA) is 41.5 Å². The quantitative estimate of drug-likeness (QED) is 0.768. The van der Waals surface area contributed by atoms with Gasteiger partial charge < -0.3 is 9.64 Å². The molecule has 0 saturated carbocycles. The number of anilines is 1. The number of halogens is 1. The van der Waals surface area contributed by atoms with E-state index in [1.165, 1.54) is 32.9 Å². The molecule has 0 radical (unpaired) electrons. The molecule has 2 saturated heterocycles. The molecule has 17 heavy (non-hydrogen) atoms. The van der Waals surface area contributed by atoms with E-state index in [1.807, 2.05) is 4.90 Å².